The standard InChI is InChI=1S/C23H17Cl/c1-15-14-23(22-13-18(24)10-11-19(15)22)20-8-4-2-6-16(20)12-17-7-3-5-9-21(17)23/h2-11,13H,1,12,14H2. The van der Waals surface area contributed by atoms with Gasteiger partial charge in [0.1, 0.15) is 0 Å². The zero-order chi connectivity index (χ0) is 16.3. The lowest BCUT2D eigenvalue weighted by Crippen LogP contribution is -2.32. The number of fused-ring (bicyclic) bond motifs is 6. The number of rotatable bonds is 0. The van der Waals surface area contributed by atoms with Gasteiger partial charge in [-0.25, -0.2) is 0 Å². The summed E-state index contributed by atoms with van der Waals surface area (Å²) in [4.78, 5) is 0. The Labute approximate surface area is 147 Å². The average molecular weight is 329 g/mol. The van der Waals surface area contributed by atoms with E-state index < -0.39 is 0 Å². The molecule has 0 nitrogen and oxygen atoms in total. The van der Waals surface area contributed by atoms with Crippen LogP contribution in [-0.4, -0.2) is 0 Å². The fraction of sp³-hybridized carbons (Fsp3) is 0.130. The Hall–Kier alpha value is -2.31. The Kier molecular flexibility index (Phi) is 2.84. The summed E-state index contributed by atoms with van der Waals surface area (Å²) < 4.78 is 0. The highest BCUT2D eigenvalue weighted by Gasteiger charge is 2.47. The normalized spacial score (nSPS) is 16.6. The van der Waals surface area contributed by atoms with Gasteiger partial charge in [-0.3, -0.25) is 0 Å². The summed E-state index contributed by atoms with van der Waals surface area (Å²) in [5.74, 6) is 0. The highest BCUT2D eigenvalue weighted by atomic mass is 35.5. The Bertz CT molecular complexity index is 951. The second-order valence-electron chi connectivity index (χ2n) is 6.87. The molecular weight excluding hydrogens is 312 g/mol. The summed E-state index contributed by atoms with van der Waals surface area (Å²) >= 11 is 6.40. The lowest BCUT2D eigenvalue weighted by atomic mass is 9.63. The molecule has 0 unspecified atom stereocenters. The fourth-order valence-corrected chi connectivity index (χ4v) is 4.87. The maximum Gasteiger partial charge on any atom is 0.0503 e. The van der Waals surface area contributed by atoms with Crippen molar-refractivity contribution >= 4 is 17.2 Å². The molecule has 1 spiro atoms. The highest BCUT2D eigenvalue weighted by Crippen LogP contribution is 2.57. The molecule has 3 aromatic carbocycles. The summed E-state index contributed by atoms with van der Waals surface area (Å²) in [5, 5.41) is 0.795. The second-order valence-corrected chi connectivity index (χ2v) is 7.30. The molecule has 2 aliphatic rings. The van der Waals surface area contributed by atoms with Gasteiger partial charge < -0.3 is 0 Å². The van der Waals surface area contributed by atoms with E-state index in [2.05, 4.69) is 67.2 Å². The van der Waals surface area contributed by atoms with Gasteiger partial charge in [0.25, 0.3) is 0 Å². The van der Waals surface area contributed by atoms with Crippen LogP contribution in [0, 0.1) is 0 Å². The van der Waals surface area contributed by atoms with E-state index in [0.29, 0.717) is 0 Å². The summed E-state index contributed by atoms with van der Waals surface area (Å²) in [6.07, 6.45) is 1.92. The molecule has 2 aliphatic carbocycles. The third-order valence-electron chi connectivity index (χ3n) is 5.64. The predicted molar refractivity (Wildman–Crippen MR) is 101 cm³/mol. The Morgan fingerprint density at radius 3 is 2.08 bits per heavy atom. The quantitative estimate of drug-likeness (QED) is 0.475. The molecule has 0 fully saturated rings. The molecule has 0 radical (unpaired) electrons. The van der Waals surface area contributed by atoms with Gasteiger partial charge in [0.2, 0.25) is 0 Å². The minimum Gasteiger partial charge on any atom is -0.0952 e. The van der Waals surface area contributed by atoms with Crippen LogP contribution in [0.25, 0.3) is 5.57 Å². The number of hydrogen-bond acceptors (Lipinski definition) is 0. The predicted octanol–water partition coefficient (Wildman–Crippen LogP) is 6.00. The van der Waals surface area contributed by atoms with E-state index in [-0.39, 0.29) is 5.41 Å². The van der Waals surface area contributed by atoms with Crippen molar-refractivity contribution in [2.24, 2.45) is 0 Å². The molecule has 0 saturated heterocycles. The maximum atomic E-state index is 6.40. The van der Waals surface area contributed by atoms with E-state index in [0.717, 1.165) is 17.9 Å². The SMILES string of the molecule is C=C1CC2(c3ccccc3Cc3ccccc32)c2cc(Cl)ccc21. The number of allylic oxidation sites excluding steroid dienone is 1. The topological polar surface area (TPSA) is 0 Å². The first-order chi connectivity index (χ1) is 11.7. The van der Waals surface area contributed by atoms with E-state index in [9.17, 15) is 0 Å². The first kappa shape index (κ1) is 14.1. The Morgan fingerprint density at radius 1 is 0.792 bits per heavy atom. The monoisotopic (exact) mass is 328 g/mol. The molecule has 0 saturated carbocycles. The van der Waals surface area contributed by atoms with Crippen molar-refractivity contribution in [2.45, 2.75) is 18.3 Å². The Balaban J connectivity index is 1.93. The van der Waals surface area contributed by atoms with Gasteiger partial charge >= 0.3 is 0 Å². The van der Waals surface area contributed by atoms with E-state index in [4.69, 9.17) is 11.6 Å². The van der Waals surface area contributed by atoms with Crippen molar-refractivity contribution in [3.05, 3.63) is 112 Å². The van der Waals surface area contributed by atoms with Crippen molar-refractivity contribution in [1.29, 1.82) is 0 Å². The first-order valence-electron chi connectivity index (χ1n) is 8.35. The lowest BCUT2D eigenvalue weighted by molar-refractivity contribution is 0.630. The van der Waals surface area contributed by atoms with Gasteiger partial charge in [-0.15, -0.1) is 0 Å². The fourth-order valence-electron chi connectivity index (χ4n) is 4.70. The molecule has 5 rings (SSSR count). The van der Waals surface area contributed by atoms with Gasteiger partial charge in [-0.1, -0.05) is 72.8 Å². The van der Waals surface area contributed by atoms with E-state index >= 15 is 0 Å². The van der Waals surface area contributed by atoms with Gasteiger partial charge in [-0.2, -0.15) is 0 Å². The zero-order valence-corrected chi connectivity index (χ0v) is 14.1. The van der Waals surface area contributed by atoms with Crippen LogP contribution in [0.1, 0.15) is 39.8 Å². The van der Waals surface area contributed by atoms with Crippen molar-refractivity contribution in [2.75, 3.05) is 0 Å². The van der Waals surface area contributed by atoms with Crippen LogP contribution in [0.15, 0.2) is 73.3 Å². The minimum absolute atomic E-state index is 0.150. The van der Waals surface area contributed by atoms with Crippen molar-refractivity contribution in [3.8, 4) is 0 Å². The smallest absolute Gasteiger partial charge is 0.0503 e. The van der Waals surface area contributed by atoms with Gasteiger partial charge in [0, 0.05) is 5.02 Å². The molecular formula is C23H17Cl. The van der Waals surface area contributed by atoms with E-state index in [1.54, 1.807) is 0 Å². The summed E-state index contributed by atoms with van der Waals surface area (Å²) in [6.45, 7) is 4.38. The lowest BCUT2D eigenvalue weighted by Gasteiger charge is -2.39. The Morgan fingerprint density at radius 2 is 1.42 bits per heavy atom. The van der Waals surface area contributed by atoms with Crippen LogP contribution in [0.4, 0.5) is 0 Å². The molecule has 1 heteroatoms. The molecule has 3 aromatic rings. The largest absolute Gasteiger partial charge is 0.0952 e. The number of halogens is 1. The molecule has 0 heterocycles. The van der Waals surface area contributed by atoms with Gasteiger partial charge in [0.15, 0.2) is 0 Å². The summed E-state index contributed by atoms with van der Waals surface area (Å²) in [5.41, 5.74) is 9.26. The maximum absolute atomic E-state index is 6.40. The van der Waals surface area contributed by atoms with E-state index in [1.807, 2.05) is 6.07 Å². The average Bonchev–Trinajstić information content (AvgIpc) is 2.88. The van der Waals surface area contributed by atoms with Crippen molar-refractivity contribution in [1.82, 2.24) is 0 Å². The highest BCUT2D eigenvalue weighted by molar-refractivity contribution is 6.30. The van der Waals surface area contributed by atoms with Gasteiger partial charge in [0.05, 0.1) is 5.41 Å². The van der Waals surface area contributed by atoms with Crippen LogP contribution in [0.3, 0.4) is 0 Å². The third-order valence-corrected chi connectivity index (χ3v) is 5.87. The molecule has 0 amide bonds. The summed E-state index contributed by atoms with van der Waals surface area (Å²) in [6, 6.07) is 23.9. The van der Waals surface area contributed by atoms with Crippen LogP contribution < -0.4 is 0 Å². The number of hydrogen-bond donors (Lipinski definition) is 0. The van der Waals surface area contributed by atoms with E-state index in [1.165, 1.54) is 39.0 Å². The molecule has 0 atom stereocenters. The molecule has 116 valence electrons. The van der Waals surface area contributed by atoms with Crippen LogP contribution >= 0.6 is 11.6 Å². The van der Waals surface area contributed by atoms with Crippen molar-refractivity contribution in [3.63, 3.8) is 0 Å². The number of benzene rings is 3. The molecule has 0 aliphatic heterocycles. The molecule has 0 aromatic heterocycles. The van der Waals surface area contributed by atoms with Crippen LogP contribution in [0.2, 0.25) is 5.02 Å². The van der Waals surface area contributed by atoms with Gasteiger partial charge in [-0.05, 0) is 63.9 Å². The summed E-state index contributed by atoms with van der Waals surface area (Å²) in [7, 11) is 0. The molecule has 24 heavy (non-hydrogen) atoms. The second kappa shape index (κ2) is 4.84. The third kappa shape index (κ3) is 1.70. The molecule has 0 N–H and O–H groups in total. The van der Waals surface area contributed by atoms with Crippen LogP contribution in [-0.2, 0) is 11.8 Å². The van der Waals surface area contributed by atoms with Crippen molar-refractivity contribution < 1.29 is 0 Å². The van der Waals surface area contributed by atoms with Crippen LogP contribution in [0.5, 0.6) is 0 Å². The minimum atomic E-state index is -0.150. The molecule has 0 bridgehead atoms. The first-order valence-corrected chi connectivity index (χ1v) is 8.73. The zero-order valence-electron chi connectivity index (χ0n) is 13.4.